The van der Waals surface area contributed by atoms with Crippen molar-refractivity contribution in [2.75, 3.05) is 0 Å². The Balaban J connectivity index is 1.63. The van der Waals surface area contributed by atoms with Crippen LogP contribution >= 0.6 is 0 Å². The van der Waals surface area contributed by atoms with E-state index in [-0.39, 0.29) is 0 Å². The maximum absolute atomic E-state index is 3.73. The van der Waals surface area contributed by atoms with Crippen molar-refractivity contribution in [3.63, 3.8) is 0 Å². The van der Waals surface area contributed by atoms with Crippen LogP contribution in [-0.4, -0.2) is 14.5 Å². The van der Waals surface area contributed by atoms with Crippen LogP contribution in [0.15, 0.2) is 97.1 Å². The number of hydrogen-bond acceptors (Lipinski definition) is 0. The summed E-state index contributed by atoms with van der Waals surface area (Å²) in [5.41, 5.74) is 8.03. The molecule has 2 heteroatoms. The van der Waals surface area contributed by atoms with Crippen LogP contribution in [0.5, 0.6) is 0 Å². The molecule has 0 fully saturated rings. The van der Waals surface area contributed by atoms with Crippen molar-refractivity contribution >= 4 is 52.5 Å². The fraction of sp³-hybridized carbons (Fsp3) is 0. The van der Waals surface area contributed by atoms with Crippen molar-refractivity contribution in [1.82, 2.24) is 4.98 Å². The largest absolute Gasteiger partial charge is 0.354 e. The van der Waals surface area contributed by atoms with Gasteiger partial charge in [0, 0.05) is 21.7 Å². The van der Waals surface area contributed by atoms with E-state index in [1.54, 1.807) is 10.4 Å². The van der Waals surface area contributed by atoms with E-state index in [9.17, 15) is 0 Å². The molecule has 0 bridgehead atoms. The van der Waals surface area contributed by atoms with E-state index in [2.05, 4.69) is 102 Å². The number of fused-ring (bicyclic) bond motifs is 8. The Hall–Kier alpha value is -3.62. The minimum absolute atomic E-state index is 0.407. The van der Waals surface area contributed by atoms with Gasteiger partial charge in [-0.1, -0.05) is 101 Å². The molecule has 0 unspecified atom stereocenters. The molecule has 0 saturated heterocycles. The Labute approximate surface area is 176 Å². The average Bonchev–Trinajstić information content (AvgIpc) is 3.37. The van der Waals surface area contributed by atoms with Gasteiger partial charge in [-0.25, -0.2) is 0 Å². The van der Waals surface area contributed by atoms with Gasteiger partial charge in [-0.3, -0.25) is 0 Å². The molecule has 0 radical (unpaired) electrons. The molecule has 0 atom stereocenters. The highest BCUT2D eigenvalue weighted by molar-refractivity contribution is 6.73. The lowest BCUT2D eigenvalue weighted by Gasteiger charge is -2.14. The van der Waals surface area contributed by atoms with E-state index >= 15 is 0 Å². The molecule has 1 aromatic heterocycles. The zero-order valence-corrected chi connectivity index (χ0v) is 17.9. The predicted octanol–water partition coefficient (Wildman–Crippen LogP) is 5.24. The number of aromatic amines is 1. The van der Waals surface area contributed by atoms with Crippen LogP contribution in [0, 0.1) is 0 Å². The van der Waals surface area contributed by atoms with Crippen molar-refractivity contribution < 1.29 is 0 Å². The first-order valence-electron chi connectivity index (χ1n) is 10.5. The molecule has 0 saturated carbocycles. The van der Waals surface area contributed by atoms with Gasteiger partial charge in [0.05, 0.1) is 15.0 Å². The quantitative estimate of drug-likeness (QED) is 0.365. The maximum Gasteiger partial charge on any atom is 0.0891 e. The second-order valence-corrected chi connectivity index (χ2v) is 10.1. The van der Waals surface area contributed by atoms with Crippen molar-refractivity contribution in [1.29, 1.82) is 0 Å². The van der Waals surface area contributed by atoms with Gasteiger partial charge in [0.2, 0.25) is 0 Å². The molecular formula is C28H19NSi. The van der Waals surface area contributed by atoms with Crippen molar-refractivity contribution in [3.05, 3.63) is 97.1 Å². The lowest BCUT2D eigenvalue weighted by Crippen LogP contribution is -2.20. The van der Waals surface area contributed by atoms with E-state index in [1.165, 1.54) is 54.8 Å². The Morgan fingerprint density at radius 1 is 0.533 bits per heavy atom. The van der Waals surface area contributed by atoms with E-state index < -0.39 is 9.52 Å². The Kier molecular flexibility index (Phi) is 3.21. The third kappa shape index (κ3) is 2.11. The molecule has 0 spiro atoms. The molecule has 5 aromatic carbocycles. The van der Waals surface area contributed by atoms with Gasteiger partial charge in [0.25, 0.3) is 0 Å². The zero-order chi connectivity index (χ0) is 19.7. The molecule has 1 aliphatic rings. The Bertz CT molecular complexity index is 1620. The van der Waals surface area contributed by atoms with Crippen LogP contribution < -0.4 is 10.4 Å². The minimum atomic E-state index is -0.407. The Morgan fingerprint density at radius 2 is 1.30 bits per heavy atom. The van der Waals surface area contributed by atoms with Crippen LogP contribution in [0.4, 0.5) is 0 Å². The summed E-state index contributed by atoms with van der Waals surface area (Å²) in [5, 5.41) is 8.33. The number of benzene rings is 5. The third-order valence-corrected chi connectivity index (χ3v) is 8.60. The van der Waals surface area contributed by atoms with Crippen molar-refractivity contribution in [2.45, 2.75) is 0 Å². The summed E-state index contributed by atoms with van der Waals surface area (Å²) in [6, 6.07) is 35.8. The number of aromatic nitrogens is 1. The highest BCUT2D eigenvalue weighted by atomic mass is 28.2. The first kappa shape index (κ1) is 16.2. The highest BCUT2D eigenvalue weighted by Gasteiger charge is 2.23. The van der Waals surface area contributed by atoms with E-state index in [0.717, 1.165) is 0 Å². The standard InChI is InChI=1S/C28H19NSi/c1-3-12-23-18(8-1)21-16-15-17-7-5-10-19(26(17)28(21)29-23)20-11-6-14-25-27(20)22-9-2-4-13-24(22)30-25/h1-16,29H,30H2. The van der Waals surface area contributed by atoms with Crippen LogP contribution in [0.2, 0.25) is 0 Å². The molecule has 0 amide bonds. The van der Waals surface area contributed by atoms with E-state index in [1.807, 2.05) is 0 Å². The molecule has 0 aliphatic carbocycles. The molecule has 1 N–H and O–H groups in total. The van der Waals surface area contributed by atoms with Crippen LogP contribution in [0.3, 0.4) is 0 Å². The normalized spacial score (nSPS) is 13.3. The zero-order valence-electron chi connectivity index (χ0n) is 16.4. The van der Waals surface area contributed by atoms with Gasteiger partial charge in [0.1, 0.15) is 0 Å². The number of H-pyrrole nitrogens is 1. The lowest BCUT2D eigenvalue weighted by molar-refractivity contribution is 1.56. The molecule has 6 aromatic rings. The van der Waals surface area contributed by atoms with Crippen molar-refractivity contribution in [2.24, 2.45) is 0 Å². The molecular weight excluding hydrogens is 378 g/mol. The number of nitrogens with one attached hydrogen (secondary N) is 1. The predicted molar refractivity (Wildman–Crippen MR) is 132 cm³/mol. The van der Waals surface area contributed by atoms with E-state index in [0.29, 0.717) is 0 Å². The summed E-state index contributed by atoms with van der Waals surface area (Å²) in [5.74, 6) is 0. The fourth-order valence-corrected chi connectivity index (χ4v) is 7.29. The summed E-state index contributed by atoms with van der Waals surface area (Å²) >= 11 is 0. The molecule has 1 aliphatic heterocycles. The minimum Gasteiger partial charge on any atom is -0.354 e. The Morgan fingerprint density at radius 3 is 2.30 bits per heavy atom. The monoisotopic (exact) mass is 397 g/mol. The second-order valence-electron chi connectivity index (χ2n) is 8.24. The summed E-state index contributed by atoms with van der Waals surface area (Å²) in [7, 11) is -0.407. The van der Waals surface area contributed by atoms with Gasteiger partial charge in [-0.15, -0.1) is 0 Å². The second kappa shape index (κ2) is 5.94. The third-order valence-electron chi connectivity index (χ3n) is 6.63. The van der Waals surface area contributed by atoms with Gasteiger partial charge < -0.3 is 4.98 Å². The summed E-state index contributed by atoms with van der Waals surface area (Å²) < 4.78 is 0. The van der Waals surface area contributed by atoms with Crippen LogP contribution in [-0.2, 0) is 0 Å². The highest BCUT2D eigenvalue weighted by Crippen LogP contribution is 2.40. The summed E-state index contributed by atoms with van der Waals surface area (Å²) in [6.07, 6.45) is 0. The number of para-hydroxylation sites is 1. The summed E-state index contributed by atoms with van der Waals surface area (Å²) in [6.45, 7) is 0. The van der Waals surface area contributed by atoms with Gasteiger partial charge in [-0.2, -0.15) is 0 Å². The lowest BCUT2D eigenvalue weighted by atomic mass is 9.90. The maximum atomic E-state index is 3.73. The topological polar surface area (TPSA) is 15.8 Å². The molecule has 140 valence electrons. The van der Waals surface area contributed by atoms with Crippen LogP contribution in [0.25, 0.3) is 54.8 Å². The SMILES string of the molecule is c1ccc2c(c1)[SiH2]c1cccc(-c3cccc4ccc5c6ccccc6[nH]c5c34)c1-2. The van der Waals surface area contributed by atoms with Gasteiger partial charge in [-0.05, 0) is 33.7 Å². The van der Waals surface area contributed by atoms with Gasteiger partial charge >= 0.3 is 0 Å². The first-order chi connectivity index (χ1) is 14.9. The fourth-order valence-electron chi connectivity index (χ4n) is 5.33. The van der Waals surface area contributed by atoms with Crippen molar-refractivity contribution in [3.8, 4) is 22.3 Å². The van der Waals surface area contributed by atoms with Gasteiger partial charge in [0.15, 0.2) is 0 Å². The molecule has 30 heavy (non-hydrogen) atoms. The molecule has 2 heterocycles. The molecule has 1 nitrogen and oxygen atoms in total. The molecule has 7 rings (SSSR count). The summed E-state index contributed by atoms with van der Waals surface area (Å²) in [4.78, 5) is 3.73. The number of rotatable bonds is 1. The first-order valence-corrected chi connectivity index (χ1v) is 11.9. The smallest absolute Gasteiger partial charge is 0.0891 e. The van der Waals surface area contributed by atoms with Crippen LogP contribution in [0.1, 0.15) is 0 Å². The van der Waals surface area contributed by atoms with E-state index in [4.69, 9.17) is 0 Å². The number of hydrogen-bond donors (Lipinski definition) is 1. The average molecular weight is 398 g/mol.